The molecule has 0 spiro atoms. The van der Waals surface area contributed by atoms with Crippen LogP contribution in [0, 0.1) is 5.92 Å². The first kappa shape index (κ1) is 33.1. The molecule has 4 aromatic rings. The summed E-state index contributed by atoms with van der Waals surface area (Å²) in [6.07, 6.45) is 4.08. The molecule has 0 fully saturated rings. The summed E-state index contributed by atoms with van der Waals surface area (Å²) in [7, 11) is 0. The third-order valence-electron chi connectivity index (χ3n) is 9.22. The number of hydrogen-bond acceptors (Lipinski definition) is 6. The van der Waals surface area contributed by atoms with E-state index in [1.54, 1.807) is 77.4 Å². The lowest BCUT2D eigenvalue weighted by Gasteiger charge is -2.36. The standard InChI is InChI=1S/C38H37BrN4O5/c1-24(5-4-8-35(45)42-22-28-7-3-2-6-27(28)19-32(42)23-44)38(48)33-20-29(39)13-18-34(33)43(37(38)47)21-25-9-16-31(17-10-25)41-36(46)26-11-14-30(40)15-12-26/h2-7,9-18,20,24,32,44,48H,8,19,21-23,40H2,1H3,(H,41,46)/b5-4+/t24-,32-,38+/m0/s1. The average molecular weight is 710 g/mol. The van der Waals surface area contributed by atoms with Crippen molar-refractivity contribution >= 4 is 50.7 Å². The zero-order valence-corrected chi connectivity index (χ0v) is 28.1. The van der Waals surface area contributed by atoms with E-state index in [0.29, 0.717) is 41.2 Å². The van der Waals surface area contributed by atoms with Crippen molar-refractivity contribution < 1.29 is 24.6 Å². The first-order valence-corrected chi connectivity index (χ1v) is 16.6. The molecule has 246 valence electrons. The topological polar surface area (TPSA) is 136 Å². The second-order valence-corrected chi connectivity index (χ2v) is 13.3. The number of hydrogen-bond donors (Lipinski definition) is 4. The van der Waals surface area contributed by atoms with Crippen molar-refractivity contribution in [2.75, 3.05) is 22.6 Å². The number of anilines is 3. The van der Waals surface area contributed by atoms with Crippen molar-refractivity contribution in [1.29, 1.82) is 0 Å². The number of carbonyl (C=O) groups excluding carboxylic acids is 3. The van der Waals surface area contributed by atoms with Crippen LogP contribution in [-0.4, -0.2) is 45.5 Å². The highest BCUT2D eigenvalue weighted by Gasteiger charge is 2.52. The zero-order chi connectivity index (χ0) is 34.0. The van der Waals surface area contributed by atoms with Gasteiger partial charge in [0.15, 0.2) is 5.60 Å². The van der Waals surface area contributed by atoms with Crippen LogP contribution < -0.4 is 16.0 Å². The summed E-state index contributed by atoms with van der Waals surface area (Å²) in [5.41, 5.74) is 9.61. The molecule has 48 heavy (non-hydrogen) atoms. The molecular weight excluding hydrogens is 672 g/mol. The lowest BCUT2D eigenvalue weighted by atomic mass is 9.83. The van der Waals surface area contributed by atoms with Gasteiger partial charge in [-0.2, -0.15) is 0 Å². The minimum absolute atomic E-state index is 0.0730. The summed E-state index contributed by atoms with van der Waals surface area (Å²) in [6.45, 7) is 2.27. The molecule has 5 N–H and O–H groups in total. The number of amides is 3. The molecule has 3 amide bonds. The molecule has 0 radical (unpaired) electrons. The Hall–Kier alpha value is -4.77. The summed E-state index contributed by atoms with van der Waals surface area (Å²) in [5, 5.41) is 24.9. The maximum atomic E-state index is 14.0. The Morgan fingerprint density at radius 2 is 1.75 bits per heavy atom. The molecule has 0 aliphatic carbocycles. The van der Waals surface area contributed by atoms with E-state index in [1.165, 1.54) is 0 Å². The van der Waals surface area contributed by atoms with Gasteiger partial charge in [-0.15, -0.1) is 0 Å². The van der Waals surface area contributed by atoms with Gasteiger partial charge in [0.25, 0.3) is 11.8 Å². The second-order valence-electron chi connectivity index (χ2n) is 12.3. The van der Waals surface area contributed by atoms with Crippen LogP contribution in [0.2, 0.25) is 0 Å². The number of halogens is 1. The monoisotopic (exact) mass is 708 g/mol. The number of nitrogens with zero attached hydrogens (tertiary/aromatic N) is 2. The molecule has 2 aliphatic heterocycles. The molecule has 0 aromatic heterocycles. The molecule has 0 unspecified atom stereocenters. The lowest BCUT2D eigenvalue weighted by molar-refractivity contribution is -0.139. The fourth-order valence-corrected chi connectivity index (χ4v) is 6.82. The Labute approximate surface area is 287 Å². The fraction of sp³-hybridized carbons (Fsp3) is 0.237. The molecule has 2 heterocycles. The molecular formula is C38H37BrN4O5. The highest BCUT2D eigenvalue weighted by atomic mass is 79.9. The van der Waals surface area contributed by atoms with E-state index >= 15 is 0 Å². The average Bonchev–Trinajstić information content (AvgIpc) is 3.30. The van der Waals surface area contributed by atoms with Crippen molar-refractivity contribution in [2.24, 2.45) is 5.92 Å². The third kappa shape index (κ3) is 6.51. The summed E-state index contributed by atoms with van der Waals surface area (Å²) in [5.74, 6) is -1.51. The van der Waals surface area contributed by atoms with Gasteiger partial charge in [-0.05, 0) is 77.7 Å². The second kappa shape index (κ2) is 13.8. The summed E-state index contributed by atoms with van der Waals surface area (Å²) in [6, 6.07) is 26.9. The molecule has 10 heteroatoms. The predicted octanol–water partition coefficient (Wildman–Crippen LogP) is 5.55. The van der Waals surface area contributed by atoms with Crippen molar-refractivity contribution in [1.82, 2.24) is 4.90 Å². The van der Waals surface area contributed by atoms with E-state index in [1.807, 2.05) is 42.5 Å². The van der Waals surface area contributed by atoms with Crippen molar-refractivity contribution in [3.63, 3.8) is 0 Å². The van der Waals surface area contributed by atoms with Gasteiger partial charge < -0.3 is 31.1 Å². The van der Waals surface area contributed by atoms with Gasteiger partial charge in [0.05, 0.1) is 24.9 Å². The number of aliphatic hydroxyl groups excluding tert-OH is 1. The van der Waals surface area contributed by atoms with E-state index in [4.69, 9.17) is 5.73 Å². The van der Waals surface area contributed by atoms with Gasteiger partial charge in [-0.1, -0.05) is 71.4 Å². The van der Waals surface area contributed by atoms with Gasteiger partial charge >= 0.3 is 0 Å². The van der Waals surface area contributed by atoms with Gasteiger partial charge in [-0.3, -0.25) is 14.4 Å². The predicted molar refractivity (Wildman–Crippen MR) is 189 cm³/mol. The van der Waals surface area contributed by atoms with Crippen LogP contribution in [0.25, 0.3) is 0 Å². The number of rotatable bonds is 9. The van der Waals surface area contributed by atoms with Gasteiger partial charge in [0.2, 0.25) is 5.91 Å². The number of nitrogens with one attached hydrogen (secondary N) is 1. The van der Waals surface area contributed by atoms with Crippen LogP contribution in [0.3, 0.4) is 0 Å². The molecule has 9 nitrogen and oxygen atoms in total. The number of benzene rings is 4. The minimum Gasteiger partial charge on any atom is -0.399 e. The number of aliphatic hydroxyl groups is 2. The van der Waals surface area contributed by atoms with Crippen LogP contribution >= 0.6 is 15.9 Å². The molecule has 2 aliphatic rings. The maximum Gasteiger partial charge on any atom is 0.264 e. The molecule has 3 atom stereocenters. The number of nitrogen functional groups attached to an aromatic ring is 1. The van der Waals surface area contributed by atoms with E-state index in [9.17, 15) is 24.6 Å². The van der Waals surface area contributed by atoms with Gasteiger partial charge in [0.1, 0.15) is 0 Å². The number of nitrogens with two attached hydrogens (primary N) is 1. The van der Waals surface area contributed by atoms with Crippen LogP contribution in [0.1, 0.15) is 46.0 Å². The number of carbonyl (C=O) groups is 3. The quantitative estimate of drug-likeness (QED) is 0.133. The fourth-order valence-electron chi connectivity index (χ4n) is 6.46. The Morgan fingerprint density at radius 1 is 1.04 bits per heavy atom. The van der Waals surface area contributed by atoms with E-state index < -0.39 is 17.4 Å². The van der Waals surface area contributed by atoms with E-state index in [-0.39, 0.29) is 37.4 Å². The highest BCUT2D eigenvalue weighted by molar-refractivity contribution is 9.10. The Bertz CT molecular complexity index is 1880. The van der Waals surface area contributed by atoms with Gasteiger partial charge in [-0.25, -0.2) is 0 Å². The Balaban J connectivity index is 1.15. The highest BCUT2D eigenvalue weighted by Crippen LogP contribution is 2.46. The first-order valence-electron chi connectivity index (χ1n) is 15.8. The van der Waals surface area contributed by atoms with Crippen molar-refractivity contribution in [2.45, 2.75) is 44.5 Å². The minimum atomic E-state index is -1.86. The van der Waals surface area contributed by atoms with Crippen molar-refractivity contribution in [3.8, 4) is 0 Å². The van der Waals surface area contributed by atoms with Crippen LogP contribution in [0.4, 0.5) is 17.1 Å². The van der Waals surface area contributed by atoms with Gasteiger partial charge in [0, 0.05) is 45.9 Å². The smallest absolute Gasteiger partial charge is 0.264 e. The Kier molecular flexibility index (Phi) is 9.50. The third-order valence-corrected chi connectivity index (χ3v) is 9.71. The van der Waals surface area contributed by atoms with Crippen molar-refractivity contribution in [3.05, 3.63) is 135 Å². The van der Waals surface area contributed by atoms with Crippen LogP contribution in [0.15, 0.2) is 108 Å². The van der Waals surface area contributed by atoms with Crippen LogP contribution in [0.5, 0.6) is 0 Å². The normalized spacial score (nSPS) is 19.2. The lowest BCUT2D eigenvalue weighted by Crippen LogP contribution is -2.46. The van der Waals surface area contributed by atoms with Crippen LogP contribution in [-0.2, 0) is 34.7 Å². The molecule has 6 rings (SSSR count). The molecule has 0 bridgehead atoms. The largest absolute Gasteiger partial charge is 0.399 e. The number of fused-ring (bicyclic) bond motifs is 2. The SMILES string of the molecule is C[C@@H](/C=C/CC(=O)N1Cc2ccccc2C[C@H]1CO)[C@]1(O)C(=O)N(Cc2ccc(NC(=O)c3ccc(N)cc3)cc2)c2ccc(Br)cc21. The first-order chi connectivity index (χ1) is 23.1. The summed E-state index contributed by atoms with van der Waals surface area (Å²) >= 11 is 3.49. The summed E-state index contributed by atoms with van der Waals surface area (Å²) in [4.78, 5) is 43.2. The summed E-state index contributed by atoms with van der Waals surface area (Å²) < 4.78 is 0.724. The zero-order valence-electron chi connectivity index (χ0n) is 26.5. The molecule has 0 saturated heterocycles. The molecule has 4 aromatic carbocycles. The Morgan fingerprint density at radius 3 is 2.46 bits per heavy atom. The van der Waals surface area contributed by atoms with E-state index in [2.05, 4.69) is 21.2 Å². The molecule has 0 saturated carbocycles. The van der Waals surface area contributed by atoms with E-state index in [0.717, 1.165) is 21.2 Å². The maximum absolute atomic E-state index is 14.0.